The van der Waals surface area contributed by atoms with E-state index in [1.54, 1.807) is 31.1 Å². The average molecular weight is 248 g/mol. The zero-order valence-corrected chi connectivity index (χ0v) is 10.4. The summed E-state index contributed by atoms with van der Waals surface area (Å²) in [5, 5.41) is 13.3. The van der Waals surface area contributed by atoms with Crippen LogP contribution in [-0.2, 0) is 0 Å². The second-order valence-corrected chi connectivity index (χ2v) is 3.98. The van der Waals surface area contributed by atoms with Crippen LogP contribution in [0.3, 0.4) is 0 Å². The van der Waals surface area contributed by atoms with E-state index in [4.69, 9.17) is 14.6 Å². The third-order valence-corrected chi connectivity index (χ3v) is 2.39. The van der Waals surface area contributed by atoms with Gasteiger partial charge in [-0.05, 0) is 31.2 Å². The first-order chi connectivity index (χ1) is 8.69. The van der Waals surface area contributed by atoms with Crippen molar-refractivity contribution in [1.29, 1.82) is 0 Å². The molecule has 1 heterocycles. The zero-order chi connectivity index (χ0) is 13.0. The summed E-state index contributed by atoms with van der Waals surface area (Å²) in [6.07, 6.45) is 2.89. The maximum Gasteiger partial charge on any atom is 0.157 e. The fourth-order valence-corrected chi connectivity index (χ4v) is 1.47. The van der Waals surface area contributed by atoms with E-state index in [1.807, 2.05) is 24.3 Å². The largest absolute Gasteiger partial charge is 0.497 e. The van der Waals surface area contributed by atoms with Crippen molar-refractivity contribution in [3.8, 4) is 17.2 Å². The van der Waals surface area contributed by atoms with Gasteiger partial charge < -0.3 is 14.6 Å². The summed E-state index contributed by atoms with van der Waals surface area (Å²) in [5.74, 6) is 1.43. The van der Waals surface area contributed by atoms with Gasteiger partial charge in [0, 0.05) is 0 Å². The maximum absolute atomic E-state index is 9.13. The molecule has 96 valence electrons. The Hall–Kier alpha value is -2.01. The smallest absolute Gasteiger partial charge is 0.157 e. The molecule has 1 N–H and O–H groups in total. The molecule has 1 aromatic heterocycles. The van der Waals surface area contributed by atoms with Crippen molar-refractivity contribution >= 4 is 0 Å². The van der Waals surface area contributed by atoms with E-state index in [9.17, 15) is 0 Å². The van der Waals surface area contributed by atoms with Crippen LogP contribution in [0.1, 0.15) is 6.92 Å². The number of hydrogen-bond donors (Lipinski definition) is 1. The van der Waals surface area contributed by atoms with Gasteiger partial charge in [0.1, 0.15) is 12.4 Å². The standard InChI is InChI=1S/C13H16N2O3/c1-10(16)9-18-13-7-14-15(8-13)11-3-5-12(17-2)6-4-11/h3-8,10,16H,9H2,1-2H3. The molecule has 0 fully saturated rings. The first-order valence-electron chi connectivity index (χ1n) is 5.69. The first kappa shape index (κ1) is 12.4. The summed E-state index contributed by atoms with van der Waals surface area (Å²) >= 11 is 0. The van der Waals surface area contributed by atoms with Crippen LogP contribution in [0, 0.1) is 0 Å². The van der Waals surface area contributed by atoms with Crippen LogP contribution in [0.4, 0.5) is 0 Å². The van der Waals surface area contributed by atoms with Crippen molar-refractivity contribution in [3.05, 3.63) is 36.7 Å². The molecule has 0 aliphatic carbocycles. The van der Waals surface area contributed by atoms with Gasteiger partial charge in [-0.2, -0.15) is 5.10 Å². The molecule has 18 heavy (non-hydrogen) atoms. The topological polar surface area (TPSA) is 56.5 Å². The van der Waals surface area contributed by atoms with Crippen LogP contribution in [0.25, 0.3) is 5.69 Å². The number of aromatic nitrogens is 2. The van der Waals surface area contributed by atoms with Crippen molar-refractivity contribution in [2.24, 2.45) is 0 Å². The van der Waals surface area contributed by atoms with Gasteiger partial charge in [0.15, 0.2) is 5.75 Å². The van der Waals surface area contributed by atoms with Gasteiger partial charge in [0.05, 0.1) is 31.3 Å². The lowest BCUT2D eigenvalue weighted by molar-refractivity contribution is 0.122. The minimum Gasteiger partial charge on any atom is -0.497 e. The fourth-order valence-electron chi connectivity index (χ4n) is 1.47. The molecular formula is C13H16N2O3. The lowest BCUT2D eigenvalue weighted by Crippen LogP contribution is -2.12. The lowest BCUT2D eigenvalue weighted by Gasteiger charge is -2.05. The minimum absolute atomic E-state index is 0.258. The summed E-state index contributed by atoms with van der Waals surface area (Å²) in [6, 6.07) is 7.55. The molecule has 0 aliphatic rings. The predicted molar refractivity (Wildman–Crippen MR) is 67.3 cm³/mol. The van der Waals surface area contributed by atoms with Crippen LogP contribution in [0.2, 0.25) is 0 Å². The Bertz CT molecular complexity index is 491. The molecule has 0 saturated carbocycles. The number of nitrogens with zero attached hydrogens (tertiary/aromatic N) is 2. The van der Waals surface area contributed by atoms with E-state index in [-0.39, 0.29) is 6.61 Å². The molecule has 0 bridgehead atoms. The van der Waals surface area contributed by atoms with Crippen molar-refractivity contribution in [2.75, 3.05) is 13.7 Å². The van der Waals surface area contributed by atoms with E-state index in [0.29, 0.717) is 5.75 Å². The summed E-state index contributed by atoms with van der Waals surface area (Å²) in [4.78, 5) is 0. The summed E-state index contributed by atoms with van der Waals surface area (Å²) < 4.78 is 12.2. The zero-order valence-electron chi connectivity index (χ0n) is 10.4. The van der Waals surface area contributed by atoms with Crippen LogP contribution in [0.5, 0.6) is 11.5 Å². The van der Waals surface area contributed by atoms with Crippen molar-refractivity contribution in [1.82, 2.24) is 9.78 Å². The Morgan fingerprint density at radius 2 is 2.00 bits per heavy atom. The molecule has 5 nitrogen and oxygen atoms in total. The Morgan fingerprint density at radius 1 is 1.28 bits per heavy atom. The highest BCUT2D eigenvalue weighted by atomic mass is 16.5. The van der Waals surface area contributed by atoms with Crippen LogP contribution < -0.4 is 9.47 Å². The van der Waals surface area contributed by atoms with Gasteiger partial charge in [-0.1, -0.05) is 0 Å². The quantitative estimate of drug-likeness (QED) is 0.874. The van der Waals surface area contributed by atoms with Gasteiger partial charge in [0.25, 0.3) is 0 Å². The SMILES string of the molecule is COc1ccc(-n2cc(OCC(C)O)cn2)cc1. The summed E-state index contributed by atoms with van der Waals surface area (Å²) in [7, 11) is 1.63. The Labute approximate surface area is 106 Å². The lowest BCUT2D eigenvalue weighted by atomic mass is 10.3. The number of aliphatic hydroxyl groups is 1. The third-order valence-electron chi connectivity index (χ3n) is 2.39. The number of hydrogen-bond acceptors (Lipinski definition) is 4. The Balaban J connectivity index is 2.08. The normalized spacial score (nSPS) is 12.2. The Kier molecular flexibility index (Phi) is 3.84. The number of rotatable bonds is 5. The number of aliphatic hydroxyl groups excluding tert-OH is 1. The average Bonchev–Trinajstić information content (AvgIpc) is 2.85. The molecule has 5 heteroatoms. The van der Waals surface area contributed by atoms with Crippen molar-refractivity contribution in [3.63, 3.8) is 0 Å². The van der Waals surface area contributed by atoms with Gasteiger partial charge >= 0.3 is 0 Å². The highest BCUT2D eigenvalue weighted by molar-refractivity contribution is 5.37. The van der Waals surface area contributed by atoms with Gasteiger partial charge in [0.2, 0.25) is 0 Å². The van der Waals surface area contributed by atoms with Crippen molar-refractivity contribution in [2.45, 2.75) is 13.0 Å². The predicted octanol–water partition coefficient (Wildman–Crippen LogP) is 1.64. The molecular weight excluding hydrogens is 232 g/mol. The van der Waals surface area contributed by atoms with Crippen LogP contribution in [0.15, 0.2) is 36.7 Å². The number of methoxy groups -OCH3 is 1. The molecule has 0 spiro atoms. The first-order valence-corrected chi connectivity index (χ1v) is 5.69. The summed E-state index contributed by atoms with van der Waals surface area (Å²) in [6.45, 7) is 1.93. The molecule has 2 aromatic rings. The highest BCUT2D eigenvalue weighted by Gasteiger charge is 2.03. The molecule has 2 rings (SSSR count). The minimum atomic E-state index is -0.491. The second kappa shape index (κ2) is 5.55. The fraction of sp³-hybridized carbons (Fsp3) is 0.308. The summed E-state index contributed by atoms with van der Waals surface area (Å²) in [5.41, 5.74) is 0.919. The van der Waals surface area contributed by atoms with Crippen molar-refractivity contribution < 1.29 is 14.6 Å². The van der Waals surface area contributed by atoms with Gasteiger partial charge in [-0.25, -0.2) is 4.68 Å². The third kappa shape index (κ3) is 3.01. The maximum atomic E-state index is 9.13. The van der Waals surface area contributed by atoms with Crippen LogP contribution in [-0.4, -0.2) is 34.7 Å². The number of ether oxygens (including phenoxy) is 2. The second-order valence-electron chi connectivity index (χ2n) is 3.98. The highest BCUT2D eigenvalue weighted by Crippen LogP contribution is 2.17. The van der Waals surface area contributed by atoms with Gasteiger partial charge in [-0.3, -0.25) is 0 Å². The molecule has 0 radical (unpaired) electrons. The molecule has 1 atom stereocenters. The van der Waals surface area contributed by atoms with E-state index in [1.165, 1.54) is 0 Å². The van der Waals surface area contributed by atoms with Crippen LogP contribution >= 0.6 is 0 Å². The van der Waals surface area contributed by atoms with E-state index < -0.39 is 6.10 Å². The van der Waals surface area contributed by atoms with E-state index in [2.05, 4.69) is 5.10 Å². The van der Waals surface area contributed by atoms with E-state index >= 15 is 0 Å². The molecule has 0 saturated heterocycles. The van der Waals surface area contributed by atoms with Gasteiger partial charge in [-0.15, -0.1) is 0 Å². The molecule has 0 amide bonds. The monoisotopic (exact) mass is 248 g/mol. The molecule has 1 aromatic carbocycles. The molecule has 1 unspecified atom stereocenters. The molecule has 0 aliphatic heterocycles. The number of benzene rings is 1. The Morgan fingerprint density at radius 3 is 2.61 bits per heavy atom. The van der Waals surface area contributed by atoms with E-state index in [0.717, 1.165) is 11.4 Å².